The van der Waals surface area contributed by atoms with Crippen molar-refractivity contribution in [2.45, 2.75) is 63.1 Å². The van der Waals surface area contributed by atoms with Crippen LogP contribution in [0.25, 0.3) is 27.9 Å². The van der Waals surface area contributed by atoms with Crippen LogP contribution >= 0.6 is 0 Å². The van der Waals surface area contributed by atoms with Crippen molar-refractivity contribution >= 4 is 28.4 Å². The average Bonchev–Trinajstić information content (AvgIpc) is 3.52. The predicted octanol–water partition coefficient (Wildman–Crippen LogP) is 3.56. The molecule has 2 aliphatic rings. The first-order valence-electron chi connectivity index (χ1n) is 13.1. The van der Waals surface area contributed by atoms with Gasteiger partial charge in [0, 0.05) is 55.7 Å². The third-order valence-electron chi connectivity index (χ3n) is 7.90. The molecule has 1 amide bonds. The number of hydrogen-bond donors (Lipinski definition) is 3. The minimum absolute atomic E-state index is 0.278. The second-order valence-corrected chi connectivity index (χ2v) is 10.4. The van der Waals surface area contributed by atoms with Gasteiger partial charge in [-0.3, -0.25) is 4.79 Å². The van der Waals surface area contributed by atoms with Gasteiger partial charge in [-0.05, 0) is 44.7 Å². The first kappa shape index (κ1) is 23.9. The Labute approximate surface area is 215 Å². The molecule has 4 aromatic rings. The van der Waals surface area contributed by atoms with E-state index in [4.69, 9.17) is 14.7 Å². The van der Waals surface area contributed by atoms with Crippen LogP contribution in [0, 0.1) is 0 Å². The first-order valence-corrected chi connectivity index (χ1v) is 13.1. The van der Waals surface area contributed by atoms with Gasteiger partial charge < -0.3 is 25.0 Å². The minimum atomic E-state index is -0.926. The van der Waals surface area contributed by atoms with Crippen LogP contribution in [0.1, 0.15) is 61.8 Å². The van der Waals surface area contributed by atoms with Gasteiger partial charge in [-0.1, -0.05) is 12.8 Å². The highest BCUT2D eigenvalue weighted by Gasteiger charge is 2.36. The number of amides is 1. The fraction of sp³-hybridized carbons (Fsp3) is 0.481. The lowest BCUT2D eigenvalue weighted by Crippen LogP contribution is -2.52. The number of fused-ring (bicyclic) bond motifs is 2. The molecule has 0 spiro atoms. The quantitative estimate of drug-likeness (QED) is 0.381. The molecule has 0 radical (unpaired) electrons. The Kier molecular flexibility index (Phi) is 6.08. The third kappa shape index (κ3) is 4.23. The Morgan fingerprint density at radius 2 is 2.05 bits per heavy atom. The van der Waals surface area contributed by atoms with Gasteiger partial charge in [0.15, 0.2) is 5.65 Å². The molecule has 2 fully saturated rings. The second-order valence-electron chi connectivity index (χ2n) is 10.4. The van der Waals surface area contributed by atoms with Crippen molar-refractivity contribution in [2.75, 3.05) is 25.6 Å². The van der Waals surface area contributed by atoms with Crippen molar-refractivity contribution in [1.82, 2.24) is 29.5 Å². The molecule has 1 saturated carbocycles. The summed E-state index contributed by atoms with van der Waals surface area (Å²) in [5, 5.41) is 22.5. The molecular formula is C27H33N7O3. The number of nitrogens with one attached hydrogen (secondary N) is 2. The summed E-state index contributed by atoms with van der Waals surface area (Å²) in [7, 11) is 1.83. The van der Waals surface area contributed by atoms with Gasteiger partial charge in [0.25, 0.3) is 5.91 Å². The molecule has 4 aromatic heterocycles. The van der Waals surface area contributed by atoms with E-state index in [1.54, 1.807) is 17.6 Å². The minimum Gasteiger partial charge on any atom is -0.388 e. The summed E-state index contributed by atoms with van der Waals surface area (Å²) in [6.45, 7) is 3.27. The van der Waals surface area contributed by atoms with Gasteiger partial charge in [0.05, 0.1) is 23.5 Å². The lowest BCUT2D eigenvalue weighted by molar-refractivity contribution is -0.00860. The predicted molar refractivity (Wildman–Crippen MR) is 141 cm³/mol. The van der Waals surface area contributed by atoms with Crippen molar-refractivity contribution in [3.05, 3.63) is 42.4 Å². The summed E-state index contributed by atoms with van der Waals surface area (Å²) in [5.41, 5.74) is 2.53. The van der Waals surface area contributed by atoms with Crippen molar-refractivity contribution in [3.8, 4) is 11.3 Å². The Bertz CT molecular complexity index is 1450. The van der Waals surface area contributed by atoms with E-state index >= 15 is 0 Å². The van der Waals surface area contributed by atoms with Gasteiger partial charge in [0.1, 0.15) is 17.0 Å². The lowest BCUT2D eigenvalue weighted by atomic mass is 9.81. The SMILES string of the molecule is CNc1cc(-c2cn(C3CCOCC3)c3ncccc23)nc2c(C(=O)N[C@@H]3CCCC[C@@]3(C)O)cnn12. The smallest absolute Gasteiger partial charge is 0.257 e. The molecule has 1 saturated heterocycles. The van der Waals surface area contributed by atoms with Crippen LogP contribution in [0.5, 0.6) is 0 Å². The molecule has 0 unspecified atom stereocenters. The summed E-state index contributed by atoms with van der Waals surface area (Å²) in [4.78, 5) is 23.0. The number of pyridine rings is 1. The molecule has 3 N–H and O–H groups in total. The highest BCUT2D eigenvalue weighted by atomic mass is 16.5. The van der Waals surface area contributed by atoms with E-state index < -0.39 is 5.60 Å². The highest BCUT2D eigenvalue weighted by molar-refractivity contribution is 6.01. The van der Waals surface area contributed by atoms with E-state index in [0.29, 0.717) is 23.7 Å². The van der Waals surface area contributed by atoms with Gasteiger partial charge in [0.2, 0.25) is 0 Å². The summed E-state index contributed by atoms with van der Waals surface area (Å²) < 4.78 is 9.47. The van der Waals surface area contributed by atoms with E-state index in [-0.39, 0.29) is 11.9 Å². The number of rotatable bonds is 5. The normalized spacial score (nSPS) is 22.9. The zero-order valence-corrected chi connectivity index (χ0v) is 21.3. The van der Waals surface area contributed by atoms with Crippen LogP contribution in [-0.4, -0.2) is 67.1 Å². The summed E-state index contributed by atoms with van der Waals surface area (Å²) in [6.07, 6.45) is 10.7. The number of ether oxygens (including phenoxy) is 1. The fourth-order valence-corrected chi connectivity index (χ4v) is 5.75. The Balaban J connectivity index is 1.43. The topological polar surface area (TPSA) is 119 Å². The standard InChI is InChI=1S/C27H33N7O3/c1-27(36)10-4-3-7-22(27)32-26(35)19-15-30-34-23(28-2)14-21(31-25(19)34)20-16-33(17-8-12-37-13-9-17)24-18(20)6-5-11-29-24/h5-6,11,14-17,22,28,36H,3-4,7-10,12-13H2,1-2H3,(H,32,35)/t22-,27-/m1/s1. The Morgan fingerprint density at radius 3 is 2.84 bits per heavy atom. The average molecular weight is 504 g/mol. The van der Waals surface area contributed by atoms with Crippen LogP contribution in [-0.2, 0) is 4.74 Å². The monoisotopic (exact) mass is 503 g/mol. The molecule has 1 aliphatic heterocycles. The van der Waals surface area contributed by atoms with Crippen LogP contribution in [0.15, 0.2) is 36.8 Å². The fourth-order valence-electron chi connectivity index (χ4n) is 5.75. The molecule has 37 heavy (non-hydrogen) atoms. The number of carbonyl (C=O) groups excluding carboxylic acids is 1. The maximum atomic E-state index is 13.4. The molecule has 1 aliphatic carbocycles. The van der Waals surface area contributed by atoms with Crippen LogP contribution in [0.2, 0.25) is 0 Å². The number of carbonyl (C=O) groups is 1. The zero-order valence-electron chi connectivity index (χ0n) is 21.3. The first-order chi connectivity index (χ1) is 18.0. The van der Waals surface area contributed by atoms with Crippen molar-refractivity contribution < 1.29 is 14.6 Å². The number of hydrogen-bond acceptors (Lipinski definition) is 7. The number of aromatic nitrogens is 5. The van der Waals surface area contributed by atoms with Crippen molar-refractivity contribution in [2.24, 2.45) is 0 Å². The van der Waals surface area contributed by atoms with Crippen LogP contribution in [0.4, 0.5) is 5.82 Å². The molecule has 2 atom stereocenters. The second kappa shape index (κ2) is 9.42. The molecule has 5 heterocycles. The Morgan fingerprint density at radius 1 is 1.22 bits per heavy atom. The van der Waals surface area contributed by atoms with E-state index in [1.807, 2.05) is 25.4 Å². The molecule has 6 rings (SSSR count). The largest absolute Gasteiger partial charge is 0.388 e. The van der Waals surface area contributed by atoms with Gasteiger partial charge in [-0.15, -0.1) is 0 Å². The molecule has 10 heteroatoms. The van der Waals surface area contributed by atoms with Crippen molar-refractivity contribution in [3.63, 3.8) is 0 Å². The highest BCUT2D eigenvalue weighted by Crippen LogP contribution is 2.35. The zero-order chi connectivity index (χ0) is 25.6. The van der Waals surface area contributed by atoms with E-state index in [9.17, 15) is 9.90 Å². The third-order valence-corrected chi connectivity index (χ3v) is 7.90. The maximum Gasteiger partial charge on any atom is 0.257 e. The van der Waals surface area contributed by atoms with E-state index in [0.717, 1.165) is 73.4 Å². The van der Waals surface area contributed by atoms with Gasteiger partial charge in [-0.2, -0.15) is 9.61 Å². The van der Waals surface area contributed by atoms with E-state index in [2.05, 4.69) is 32.6 Å². The van der Waals surface area contributed by atoms with Crippen LogP contribution in [0.3, 0.4) is 0 Å². The molecule has 0 aromatic carbocycles. The lowest BCUT2D eigenvalue weighted by Gasteiger charge is -2.37. The molecule has 0 bridgehead atoms. The van der Waals surface area contributed by atoms with Gasteiger partial charge >= 0.3 is 0 Å². The number of aliphatic hydroxyl groups is 1. The molecule has 194 valence electrons. The molecule has 10 nitrogen and oxygen atoms in total. The van der Waals surface area contributed by atoms with E-state index in [1.165, 1.54) is 0 Å². The van der Waals surface area contributed by atoms with Gasteiger partial charge in [-0.25, -0.2) is 9.97 Å². The maximum absolute atomic E-state index is 13.4. The number of nitrogens with zero attached hydrogens (tertiary/aromatic N) is 5. The van der Waals surface area contributed by atoms with Crippen molar-refractivity contribution in [1.29, 1.82) is 0 Å². The molecular weight excluding hydrogens is 470 g/mol. The number of anilines is 1. The van der Waals surface area contributed by atoms with Crippen LogP contribution < -0.4 is 10.6 Å². The summed E-state index contributed by atoms with van der Waals surface area (Å²) in [5.74, 6) is 0.444. The summed E-state index contributed by atoms with van der Waals surface area (Å²) in [6, 6.07) is 5.95. The Hall–Kier alpha value is -3.50. The summed E-state index contributed by atoms with van der Waals surface area (Å²) >= 11 is 0.